The van der Waals surface area contributed by atoms with E-state index >= 15 is 0 Å². The van der Waals surface area contributed by atoms with Crippen molar-refractivity contribution in [2.75, 3.05) is 19.5 Å². The van der Waals surface area contributed by atoms with Gasteiger partial charge in [-0.2, -0.15) is 0 Å². The Hall–Kier alpha value is -1.39. The molecule has 0 bridgehead atoms. The summed E-state index contributed by atoms with van der Waals surface area (Å²) in [5.41, 5.74) is 1.14. The van der Waals surface area contributed by atoms with Gasteiger partial charge in [0.25, 0.3) is 5.91 Å². The second-order valence-electron chi connectivity index (χ2n) is 4.40. The van der Waals surface area contributed by atoms with Crippen LogP contribution in [-0.2, 0) is 16.1 Å². The predicted octanol–water partition coefficient (Wildman–Crippen LogP) is 1.77. The first-order valence-electron chi connectivity index (χ1n) is 5.59. The molecule has 0 radical (unpaired) electrons. The Bertz CT molecular complexity index is 372. The minimum atomic E-state index is -0.816. The molecule has 4 nitrogen and oxygen atoms in total. The molecule has 0 unspecified atom stereocenters. The van der Waals surface area contributed by atoms with E-state index in [-0.39, 0.29) is 5.91 Å². The number of nitrogens with one attached hydrogen (secondary N) is 2. The Morgan fingerprint density at radius 2 is 1.88 bits per heavy atom. The van der Waals surface area contributed by atoms with Crippen LogP contribution in [0.3, 0.4) is 0 Å². The van der Waals surface area contributed by atoms with Gasteiger partial charge >= 0.3 is 0 Å². The van der Waals surface area contributed by atoms with Gasteiger partial charge in [0.05, 0.1) is 0 Å². The zero-order chi connectivity index (χ0) is 12.9. The molecule has 17 heavy (non-hydrogen) atoms. The van der Waals surface area contributed by atoms with Crippen LogP contribution in [0.5, 0.6) is 0 Å². The number of hydrogen-bond donors (Lipinski definition) is 2. The van der Waals surface area contributed by atoms with Gasteiger partial charge in [0.1, 0.15) is 5.60 Å². The van der Waals surface area contributed by atoms with Crippen LogP contribution in [0.1, 0.15) is 19.4 Å². The lowest BCUT2D eigenvalue weighted by Gasteiger charge is -2.21. The first-order valence-corrected chi connectivity index (χ1v) is 5.59. The van der Waals surface area contributed by atoms with Crippen molar-refractivity contribution in [3.63, 3.8) is 0 Å². The number of hydrogen-bond acceptors (Lipinski definition) is 3. The van der Waals surface area contributed by atoms with Gasteiger partial charge in [-0.05, 0) is 38.6 Å². The molecule has 1 amide bonds. The first kappa shape index (κ1) is 13.7. The van der Waals surface area contributed by atoms with E-state index in [1.165, 1.54) is 12.7 Å². The number of carbonyl (C=O) groups excluding carboxylic acids is 1. The summed E-state index contributed by atoms with van der Waals surface area (Å²) >= 11 is 0. The molecule has 0 aliphatic rings. The second-order valence-corrected chi connectivity index (χ2v) is 4.40. The number of ether oxygens (including phenoxy) is 1. The second kappa shape index (κ2) is 5.80. The van der Waals surface area contributed by atoms with E-state index in [2.05, 4.69) is 10.6 Å². The minimum Gasteiger partial charge on any atom is -0.369 e. The fourth-order valence-electron chi connectivity index (χ4n) is 1.28. The number of anilines is 1. The number of benzene rings is 1. The average Bonchev–Trinajstić information content (AvgIpc) is 2.32. The molecule has 1 aromatic rings. The Kier molecular flexibility index (Phi) is 4.66. The third-order valence-corrected chi connectivity index (χ3v) is 2.65. The fraction of sp³-hybridized carbons (Fsp3) is 0.462. The van der Waals surface area contributed by atoms with E-state index in [0.717, 1.165) is 12.2 Å². The lowest BCUT2D eigenvalue weighted by atomic mass is 10.1. The van der Waals surface area contributed by atoms with Crippen molar-refractivity contribution >= 4 is 11.6 Å². The maximum atomic E-state index is 11.8. The lowest BCUT2D eigenvalue weighted by molar-refractivity contribution is -0.133. The third-order valence-electron chi connectivity index (χ3n) is 2.65. The van der Waals surface area contributed by atoms with Gasteiger partial charge in [0.2, 0.25) is 0 Å². The Morgan fingerprint density at radius 3 is 2.35 bits per heavy atom. The number of amides is 1. The molecule has 2 N–H and O–H groups in total. The van der Waals surface area contributed by atoms with E-state index in [4.69, 9.17) is 4.74 Å². The molecule has 0 saturated carbocycles. The van der Waals surface area contributed by atoms with Crippen LogP contribution >= 0.6 is 0 Å². The molecule has 0 fully saturated rings. The average molecular weight is 236 g/mol. The summed E-state index contributed by atoms with van der Waals surface area (Å²) in [4.78, 5) is 11.8. The van der Waals surface area contributed by atoms with Crippen molar-refractivity contribution in [1.82, 2.24) is 5.32 Å². The van der Waals surface area contributed by atoms with Gasteiger partial charge in [-0.15, -0.1) is 0 Å². The highest BCUT2D eigenvalue weighted by molar-refractivity contribution is 5.96. The zero-order valence-electron chi connectivity index (χ0n) is 10.8. The van der Waals surface area contributed by atoms with Crippen molar-refractivity contribution < 1.29 is 9.53 Å². The predicted molar refractivity (Wildman–Crippen MR) is 68.9 cm³/mol. The maximum absolute atomic E-state index is 11.8. The standard InChI is InChI=1S/C13H20N2O2/c1-13(2,17-4)12(16)15-11-7-5-10(6-8-11)9-14-3/h5-8,14H,9H2,1-4H3,(H,15,16). The van der Waals surface area contributed by atoms with Gasteiger partial charge in [-0.3, -0.25) is 4.79 Å². The molecule has 0 heterocycles. The molecule has 0 aliphatic heterocycles. The van der Waals surface area contributed by atoms with Gasteiger partial charge in [0, 0.05) is 19.3 Å². The molecule has 4 heteroatoms. The van der Waals surface area contributed by atoms with Gasteiger partial charge in [-0.1, -0.05) is 12.1 Å². The molecule has 0 atom stereocenters. The molecule has 0 aromatic heterocycles. The summed E-state index contributed by atoms with van der Waals surface area (Å²) in [5, 5.41) is 5.89. The molecule has 0 aliphatic carbocycles. The summed E-state index contributed by atoms with van der Waals surface area (Å²) in [6.45, 7) is 4.28. The third kappa shape index (κ3) is 3.84. The molecule has 1 rings (SSSR count). The van der Waals surface area contributed by atoms with Crippen molar-refractivity contribution in [1.29, 1.82) is 0 Å². The smallest absolute Gasteiger partial charge is 0.256 e. The number of carbonyl (C=O) groups is 1. The van der Waals surface area contributed by atoms with Crippen molar-refractivity contribution in [2.24, 2.45) is 0 Å². The topological polar surface area (TPSA) is 50.4 Å². The number of rotatable bonds is 5. The Labute approximate surface area is 102 Å². The molecular formula is C13H20N2O2. The highest BCUT2D eigenvalue weighted by Gasteiger charge is 2.26. The molecular weight excluding hydrogens is 216 g/mol. The minimum absolute atomic E-state index is 0.152. The SMILES string of the molecule is CNCc1ccc(NC(=O)C(C)(C)OC)cc1. The van der Waals surface area contributed by atoms with Crippen LogP contribution in [0.4, 0.5) is 5.69 Å². The molecule has 0 spiro atoms. The van der Waals surface area contributed by atoms with E-state index in [0.29, 0.717) is 0 Å². The first-order chi connectivity index (χ1) is 7.99. The summed E-state index contributed by atoms with van der Waals surface area (Å²) in [6, 6.07) is 7.73. The quantitative estimate of drug-likeness (QED) is 0.819. The van der Waals surface area contributed by atoms with E-state index in [9.17, 15) is 4.79 Å². The van der Waals surface area contributed by atoms with Crippen molar-refractivity contribution in [3.8, 4) is 0 Å². The fourth-order valence-corrected chi connectivity index (χ4v) is 1.28. The number of methoxy groups -OCH3 is 1. The van der Waals surface area contributed by atoms with Gasteiger partial charge in [0.15, 0.2) is 0 Å². The molecule has 1 aromatic carbocycles. The zero-order valence-corrected chi connectivity index (χ0v) is 10.8. The van der Waals surface area contributed by atoms with Gasteiger partial charge in [-0.25, -0.2) is 0 Å². The monoisotopic (exact) mass is 236 g/mol. The largest absolute Gasteiger partial charge is 0.369 e. The summed E-state index contributed by atoms with van der Waals surface area (Å²) < 4.78 is 5.11. The van der Waals surface area contributed by atoms with Gasteiger partial charge < -0.3 is 15.4 Å². The lowest BCUT2D eigenvalue weighted by Crippen LogP contribution is -2.38. The maximum Gasteiger partial charge on any atom is 0.256 e. The van der Waals surface area contributed by atoms with Crippen molar-refractivity contribution in [2.45, 2.75) is 26.0 Å². The Balaban J connectivity index is 2.66. The van der Waals surface area contributed by atoms with E-state index < -0.39 is 5.60 Å². The normalized spacial score (nSPS) is 11.3. The van der Waals surface area contributed by atoms with Crippen molar-refractivity contribution in [3.05, 3.63) is 29.8 Å². The molecule has 0 saturated heterocycles. The van der Waals surface area contributed by atoms with Crippen LogP contribution in [0, 0.1) is 0 Å². The van der Waals surface area contributed by atoms with Crippen LogP contribution in [0.25, 0.3) is 0 Å². The van der Waals surface area contributed by atoms with Crippen LogP contribution in [0.2, 0.25) is 0 Å². The summed E-state index contributed by atoms with van der Waals surface area (Å²) in [7, 11) is 3.42. The van der Waals surface area contributed by atoms with E-state index in [1.54, 1.807) is 13.8 Å². The van der Waals surface area contributed by atoms with Crippen LogP contribution < -0.4 is 10.6 Å². The summed E-state index contributed by atoms with van der Waals surface area (Å²) in [6.07, 6.45) is 0. The Morgan fingerprint density at radius 1 is 1.29 bits per heavy atom. The van der Waals surface area contributed by atoms with Crippen LogP contribution in [0.15, 0.2) is 24.3 Å². The van der Waals surface area contributed by atoms with Crippen LogP contribution in [-0.4, -0.2) is 25.7 Å². The highest BCUT2D eigenvalue weighted by atomic mass is 16.5. The van der Waals surface area contributed by atoms with E-state index in [1.807, 2.05) is 31.3 Å². The molecule has 94 valence electrons. The summed E-state index contributed by atoms with van der Waals surface area (Å²) in [5.74, 6) is -0.152. The highest BCUT2D eigenvalue weighted by Crippen LogP contribution is 2.14.